The maximum absolute atomic E-state index is 11.5. The zero-order chi connectivity index (χ0) is 11.8. The number of rotatable bonds is 6. The minimum Gasteiger partial charge on any atom is -0.342 e. The van der Waals surface area contributed by atoms with E-state index in [-0.39, 0.29) is 11.8 Å². The average molecular weight is 221 g/mol. The van der Waals surface area contributed by atoms with Crippen molar-refractivity contribution in [3.05, 3.63) is 10.4 Å². The minimum absolute atomic E-state index is 0.134. The molecule has 1 saturated heterocycles. The molecule has 0 saturated carbocycles. The molecular weight excluding hydrogens is 206 g/mol. The van der Waals surface area contributed by atoms with Crippen LogP contribution in [0.25, 0.3) is 10.4 Å². The molecule has 0 N–H and O–H groups in total. The second-order valence-electron chi connectivity index (χ2n) is 3.94. The first-order chi connectivity index (χ1) is 7.77. The topological polar surface area (TPSA) is 92.9 Å². The van der Waals surface area contributed by atoms with E-state index in [9.17, 15) is 4.79 Å². The summed E-state index contributed by atoms with van der Waals surface area (Å²) in [5.74, 6) is 0.300. The van der Waals surface area contributed by atoms with E-state index in [0.29, 0.717) is 32.5 Å². The number of carbonyl (C=O) groups excluding carboxylic acids is 1. The summed E-state index contributed by atoms with van der Waals surface area (Å²) in [6, 6.07) is 2.08. The molecule has 1 aliphatic heterocycles. The molecule has 0 aromatic rings. The summed E-state index contributed by atoms with van der Waals surface area (Å²) in [4.78, 5) is 16.0. The van der Waals surface area contributed by atoms with Crippen molar-refractivity contribution in [2.24, 2.45) is 11.0 Å². The van der Waals surface area contributed by atoms with Crippen molar-refractivity contribution in [1.29, 1.82) is 5.26 Å². The predicted octanol–water partition coefficient (Wildman–Crippen LogP) is 1.84. The number of azide groups is 1. The van der Waals surface area contributed by atoms with Gasteiger partial charge in [0, 0.05) is 37.4 Å². The Kier molecular flexibility index (Phi) is 5.17. The maximum atomic E-state index is 11.5. The van der Waals surface area contributed by atoms with Gasteiger partial charge in [-0.05, 0) is 24.3 Å². The van der Waals surface area contributed by atoms with Gasteiger partial charge in [-0.1, -0.05) is 5.11 Å². The Balaban J connectivity index is 2.26. The van der Waals surface area contributed by atoms with Gasteiger partial charge in [0.05, 0.1) is 6.07 Å². The third-order valence-corrected chi connectivity index (χ3v) is 2.66. The van der Waals surface area contributed by atoms with Crippen LogP contribution in [0.15, 0.2) is 5.11 Å². The Morgan fingerprint density at radius 3 is 3.12 bits per heavy atom. The molecule has 1 heterocycles. The van der Waals surface area contributed by atoms with Crippen LogP contribution in [0.1, 0.15) is 25.7 Å². The Bertz CT molecular complexity index is 329. The molecule has 16 heavy (non-hydrogen) atoms. The molecule has 0 aliphatic carbocycles. The molecule has 1 fully saturated rings. The van der Waals surface area contributed by atoms with Crippen LogP contribution in [-0.2, 0) is 4.79 Å². The van der Waals surface area contributed by atoms with E-state index >= 15 is 0 Å². The monoisotopic (exact) mass is 221 g/mol. The van der Waals surface area contributed by atoms with Crippen LogP contribution in [0.3, 0.4) is 0 Å². The number of unbranched alkanes of at least 4 members (excludes halogenated alkanes) is 2. The lowest BCUT2D eigenvalue weighted by Gasteiger charge is -2.15. The van der Waals surface area contributed by atoms with Crippen LogP contribution < -0.4 is 0 Å². The van der Waals surface area contributed by atoms with Crippen LogP contribution in [-0.4, -0.2) is 30.4 Å². The van der Waals surface area contributed by atoms with Gasteiger partial charge < -0.3 is 4.90 Å². The zero-order valence-corrected chi connectivity index (χ0v) is 9.17. The Hall–Kier alpha value is -1.73. The highest BCUT2D eigenvalue weighted by Gasteiger charge is 2.28. The molecular formula is C10H15N5O. The number of nitrogens with zero attached hydrogens (tertiary/aromatic N) is 5. The van der Waals surface area contributed by atoms with Crippen molar-refractivity contribution in [2.75, 3.05) is 19.6 Å². The van der Waals surface area contributed by atoms with E-state index in [1.165, 1.54) is 0 Å². The Morgan fingerprint density at radius 1 is 1.62 bits per heavy atom. The highest BCUT2D eigenvalue weighted by molar-refractivity contribution is 5.78. The second kappa shape index (κ2) is 6.70. The summed E-state index contributed by atoms with van der Waals surface area (Å²) in [5, 5.41) is 11.9. The van der Waals surface area contributed by atoms with Gasteiger partial charge in [-0.2, -0.15) is 5.26 Å². The van der Waals surface area contributed by atoms with E-state index in [1.54, 1.807) is 4.90 Å². The molecule has 1 atom stereocenters. The molecule has 0 bridgehead atoms. The van der Waals surface area contributed by atoms with Gasteiger partial charge in [0.1, 0.15) is 0 Å². The van der Waals surface area contributed by atoms with Crippen molar-refractivity contribution in [3.63, 3.8) is 0 Å². The van der Waals surface area contributed by atoms with E-state index in [0.717, 1.165) is 12.8 Å². The van der Waals surface area contributed by atoms with E-state index in [4.69, 9.17) is 10.8 Å². The molecule has 0 radical (unpaired) electrons. The first-order valence-corrected chi connectivity index (χ1v) is 5.43. The van der Waals surface area contributed by atoms with Crippen LogP contribution in [0.2, 0.25) is 0 Å². The molecule has 0 aromatic carbocycles. The Morgan fingerprint density at radius 2 is 2.44 bits per heavy atom. The van der Waals surface area contributed by atoms with Gasteiger partial charge in [0.15, 0.2) is 0 Å². The normalized spacial score (nSPS) is 19.3. The predicted molar refractivity (Wildman–Crippen MR) is 58.2 cm³/mol. The molecule has 1 amide bonds. The molecule has 1 rings (SSSR count). The zero-order valence-electron chi connectivity index (χ0n) is 9.17. The molecule has 1 aliphatic rings. The van der Waals surface area contributed by atoms with Crippen LogP contribution in [0, 0.1) is 17.2 Å². The van der Waals surface area contributed by atoms with Gasteiger partial charge in [-0.15, -0.1) is 0 Å². The minimum atomic E-state index is 0.134. The summed E-state index contributed by atoms with van der Waals surface area (Å²) >= 11 is 0. The second-order valence-corrected chi connectivity index (χ2v) is 3.94. The van der Waals surface area contributed by atoms with Crippen molar-refractivity contribution in [2.45, 2.75) is 25.7 Å². The molecule has 6 heteroatoms. The third kappa shape index (κ3) is 3.79. The largest absolute Gasteiger partial charge is 0.342 e. The molecule has 1 unspecified atom stereocenters. The summed E-state index contributed by atoms with van der Waals surface area (Å²) in [6.45, 7) is 1.80. The molecule has 0 aromatic heterocycles. The van der Waals surface area contributed by atoms with E-state index in [1.807, 2.05) is 0 Å². The quantitative estimate of drug-likeness (QED) is 0.296. The standard InChI is InChI=1S/C10H15N5O/c11-4-2-1-3-5-15-8-9(6-10(15)16)7-13-14-12/h9H,1-3,5-8H2. The fraction of sp³-hybridized carbons (Fsp3) is 0.800. The van der Waals surface area contributed by atoms with Gasteiger partial charge in [0.25, 0.3) is 0 Å². The lowest BCUT2D eigenvalue weighted by Crippen LogP contribution is -2.26. The molecule has 6 nitrogen and oxygen atoms in total. The van der Waals surface area contributed by atoms with Crippen LogP contribution in [0.5, 0.6) is 0 Å². The fourth-order valence-corrected chi connectivity index (χ4v) is 1.85. The third-order valence-electron chi connectivity index (χ3n) is 2.66. The van der Waals surface area contributed by atoms with Crippen molar-refractivity contribution in [3.8, 4) is 6.07 Å². The van der Waals surface area contributed by atoms with E-state index < -0.39 is 0 Å². The van der Waals surface area contributed by atoms with Crippen molar-refractivity contribution >= 4 is 5.91 Å². The summed E-state index contributed by atoms with van der Waals surface area (Å²) in [6.07, 6.45) is 2.73. The number of likely N-dealkylation sites (tertiary alicyclic amines) is 1. The molecule has 86 valence electrons. The first kappa shape index (κ1) is 12.3. The SMILES string of the molecule is N#CCCCCN1CC(CN=[N+]=[N-])CC1=O. The van der Waals surface area contributed by atoms with Gasteiger partial charge in [0.2, 0.25) is 5.91 Å². The highest BCUT2D eigenvalue weighted by atomic mass is 16.2. The number of hydrogen-bond donors (Lipinski definition) is 0. The lowest BCUT2D eigenvalue weighted by atomic mass is 10.1. The van der Waals surface area contributed by atoms with Gasteiger partial charge in [-0.25, -0.2) is 0 Å². The summed E-state index contributed by atoms with van der Waals surface area (Å²) in [7, 11) is 0. The van der Waals surface area contributed by atoms with Crippen LogP contribution in [0.4, 0.5) is 0 Å². The highest BCUT2D eigenvalue weighted by Crippen LogP contribution is 2.18. The summed E-state index contributed by atoms with van der Waals surface area (Å²) in [5.41, 5.74) is 8.19. The van der Waals surface area contributed by atoms with Gasteiger partial charge in [-0.3, -0.25) is 4.79 Å². The average Bonchev–Trinajstić information content (AvgIpc) is 2.63. The van der Waals surface area contributed by atoms with Crippen molar-refractivity contribution < 1.29 is 4.79 Å². The first-order valence-electron chi connectivity index (χ1n) is 5.43. The molecule has 0 spiro atoms. The van der Waals surface area contributed by atoms with Crippen LogP contribution >= 0.6 is 0 Å². The summed E-state index contributed by atoms with van der Waals surface area (Å²) < 4.78 is 0. The Labute approximate surface area is 94.5 Å². The smallest absolute Gasteiger partial charge is 0.222 e. The lowest BCUT2D eigenvalue weighted by molar-refractivity contribution is -0.127. The number of hydrogen-bond acceptors (Lipinski definition) is 3. The maximum Gasteiger partial charge on any atom is 0.222 e. The van der Waals surface area contributed by atoms with E-state index in [2.05, 4.69) is 16.1 Å². The van der Waals surface area contributed by atoms with Crippen molar-refractivity contribution in [1.82, 2.24) is 4.90 Å². The fourth-order valence-electron chi connectivity index (χ4n) is 1.85. The van der Waals surface area contributed by atoms with Gasteiger partial charge >= 0.3 is 0 Å². The number of amides is 1. The number of carbonyl (C=O) groups is 1. The number of nitriles is 1.